The number of furan rings is 1. The molecule has 1 atom stereocenters. The number of halogens is 1. The van der Waals surface area contributed by atoms with Gasteiger partial charge in [0, 0.05) is 23.5 Å². The molecule has 36 heavy (non-hydrogen) atoms. The second-order valence-electron chi connectivity index (χ2n) is 9.41. The monoisotopic (exact) mass is 510 g/mol. The van der Waals surface area contributed by atoms with Crippen molar-refractivity contribution in [2.24, 2.45) is 0 Å². The smallest absolute Gasteiger partial charge is 0.289 e. The van der Waals surface area contributed by atoms with Crippen molar-refractivity contribution in [3.63, 3.8) is 0 Å². The average molecular weight is 511 g/mol. The lowest BCUT2D eigenvalue weighted by Gasteiger charge is -2.43. The van der Waals surface area contributed by atoms with Crippen LogP contribution in [-0.2, 0) is 16.0 Å². The molecule has 1 unspecified atom stereocenters. The highest BCUT2D eigenvalue weighted by Crippen LogP contribution is 2.31. The lowest BCUT2D eigenvalue weighted by molar-refractivity contribution is -0.170. The molecule has 0 radical (unpaired) electrons. The van der Waals surface area contributed by atoms with Crippen molar-refractivity contribution >= 4 is 34.4 Å². The summed E-state index contributed by atoms with van der Waals surface area (Å²) < 4.78 is 18.1. The van der Waals surface area contributed by atoms with Gasteiger partial charge in [-0.3, -0.25) is 9.59 Å². The number of ether oxygens (including phenoxy) is 2. The van der Waals surface area contributed by atoms with Crippen molar-refractivity contribution in [2.45, 2.75) is 38.2 Å². The highest BCUT2D eigenvalue weighted by molar-refractivity contribution is 6.31. The van der Waals surface area contributed by atoms with Crippen molar-refractivity contribution in [1.29, 1.82) is 0 Å². The van der Waals surface area contributed by atoms with E-state index in [2.05, 4.69) is 6.07 Å². The minimum absolute atomic E-state index is 0.0867. The van der Waals surface area contributed by atoms with Gasteiger partial charge in [-0.15, -0.1) is 0 Å². The largest absolute Gasteiger partial charge is 0.491 e. The average Bonchev–Trinajstić information content (AvgIpc) is 3.32. The van der Waals surface area contributed by atoms with E-state index >= 15 is 0 Å². The molecule has 0 aliphatic carbocycles. The van der Waals surface area contributed by atoms with Gasteiger partial charge in [0.15, 0.2) is 11.4 Å². The number of hydrogen-bond donors (Lipinski definition) is 0. The maximum absolute atomic E-state index is 13.9. The summed E-state index contributed by atoms with van der Waals surface area (Å²) in [5.74, 6) is 0.789. The molecule has 3 heterocycles. The molecule has 8 heteroatoms. The predicted octanol–water partition coefficient (Wildman–Crippen LogP) is 4.95. The first-order chi connectivity index (χ1) is 17.5. The van der Waals surface area contributed by atoms with E-state index in [1.807, 2.05) is 25.1 Å². The molecule has 5 rings (SSSR count). The molecule has 1 aromatic heterocycles. The van der Waals surface area contributed by atoms with E-state index in [4.69, 9.17) is 25.5 Å². The van der Waals surface area contributed by atoms with Gasteiger partial charge in [-0.25, -0.2) is 0 Å². The topological polar surface area (TPSA) is 72.2 Å². The summed E-state index contributed by atoms with van der Waals surface area (Å²) in [6, 6.07) is 15.0. The van der Waals surface area contributed by atoms with Crippen molar-refractivity contribution in [2.75, 3.05) is 39.4 Å². The summed E-state index contributed by atoms with van der Waals surface area (Å²) in [5.41, 5.74) is 0.691. The van der Waals surface area contributed by atoms with Crippen LogP contribution >= 0.6 is 11.6 Å². The third-order valence-corrected chi connectivity index (χ3v) is 7.32. The van der Waals surface area contributed by atoms with Crippen LogP contribution in [0, 0.1) is 0 Å². The number of amides is 2. The van der Waals surface area contributed by atoms with Crippen molar-refractivity contribution in [3.8, 4) is 5.75 Å². The summed E-state index contributed by atoms with van der Waals surface area (Å²) >= 11 is 6.10. The molecule has 190 valence electrons. The number of carbonyl (C=O) groups excluding carboxylic acids is 2. The van der Waals surface area contributed by atoms with E-state index in [0.717, 1.165) is 30.4 Å². The molecule has 7 nitrogen and oxygen atoms in total. The Morgan fingerprint density at radius 2 is 1.94 bits per heavy atom. The first-order valence-electron chi connectivity index (χ1n) is 12.6. The normalized spacial score (nSPS) is 21.6. The van der Waals surface area contributed by atoms with Gasteiger partial charge in [0.25, 0.3) is 11.8 Å². The number of benzene rings is 2. The molecular formula is C28H31ClN2O5. The maximum Gasteiger partial charge on any atom is 0.289 e. The van der Waals surface area contributed by atoms with Gasteiger partial charge in [0.2, 0.25) is 0 Å². The second-order valence-corrected chi connectivity index (χ2v) is 9.85. The van der Waals surface area contributed by atoms with Crippen LogP contribution in [0.5, 0.6) is 5.75 Å². The highest BCUT2D eigenvalue weighted by Gasteiger charge is 2.46. The molecule has 0 saturated carbocycles. The van der Waals surface area contributed by atoms with Gasteiger partial charge in [0.05, 0.1) is 19.7 Å². The Balaban J connectivity index is 1.38. The SMILES string of the molecule is CCN1CCOc2ccccc2CCCCC2(CN(C(=O)c3cc4cc(Cl)ccc4o3)CCO2)C1=O. The molecule has 1 fully saturated rings. The minimum atomic E-state index is -1.09. The van der Waals surface area contributed by atoms with Crippen LogP contribution in [0.4, 0.5) is 0 Å². The molecule has 0 N–H and O–H groups in total. The standard InChI is InChI=1S/C28H31ClN2O5/c1-2-30-13-15-34-23-9-4-3-7-20(23)8-5-6-12-28(27(30)33)19-31(14-16-35-28)26(32)25-18-21-17-22(29)10-11-24(21)36-25/h3-4,7,9-11,17-18H,2,5-6,8,12-16,19H2,1H3. The Kier molecular flexibility index (Phi) is 7.21. The number of hydrogen-bond acceptors (Lipinski definition) is 5. The van der Waals surface area contributed by atoms with E-state index in [0.29, 0.717) is 49.9 Å². The fourth-order valence-corrected chi connectivity index (χ4v) is 5.34. The summed E-state index contributed by atoms with van der Waals surface area (Å²) in [6.07, 6.45) is 3.10. The number of fused-ring (bicyclic) bond motifs is 2. The molecule has 2 aliphatic heterocycles. The fourth-order valence-electron chi connectivity index (χ4n) is 5.15. The first kappa shape index (κ1) is 24.7. The van der Waals surface area contributed by atoms with Crippen LogP contribution in [0.2, 0.25) is 5.02 Å². The van der Waals surface area contributed by atoms with E-state index in [1.165, 1.54) is 5.56 Å². The van der Waals surface area contributed by atoms with Crippen LogP contribution in [0.3, 0.4) is 0 Å². The van der Waals surface area contributed by atoms with Crippen LogP contribution in [-0.4, -0.2) is 66.6 Å². The Morgan fingerprint density at radius 1 is 1.08 bits per heavy atom. The Hall–Kier alpha value is -3.03. The molecule has 1 spiro atoms. The van der Waals surface area contributed by atoms with Crippen molar-refractivity contribution in [1.82, 2.24) is 9.80 Å². The van der Waals surface area contributed by atoms with Gasteiger partial charge in [-0.05, 0) is 68.5 Å². The minimum Gasteiger partial charge on any atom is -0.491 e. The summed E-state index contributed by atoms with van der Waals surface area (Å²) in [4.78, 5) is 30.8. The zero-order chi connectivity index (χ0) is 25.1. The molecule has 2 aliphatic rings. The third kappa shape index (κ3) is 4.95. The number of rotatable bonds is 2. The van der Waals surface area contributed by atoms with Gasteiger partial charge >= 0.3 is 0 Å². The summed E-state index contributed by atoms with van der Waals surface area (Å²) in [6.45, 7) is 4.22. The summed E-state index contributed by atoms with van der Waals surface area (Å²) in [7, 11) is 0. The second kappa shape index (κ2) is 10.5. The molecular weight excluding hydrogens is 480 g/mol. The predicted molar refractivity (Wildman–Crippen MR) is 138 cm³/mol. The van der Waals surface area contributed by atoms with Gasteiger partial charge < -0.3 is 23.7 Å². The van der Waals surface area contributed by atoms with Crippen LogP contribution in [0.1, 0.15) is 42.3 Å². The quantitative estimate of drug-likeness (QED) is 0.487. The first-order valence-corrected chi connectivity index (χ1v) is 13.0. The molecule has 2 aromatic carbocycles. The number of para-hydroxylation sites is 1. The van der Waals surface area contributed by atoms with Gasteiger partial charge in [-0.1, -0.05) is 29.8 Å². The maximum atomic E-state index is 13.9. The molecule has 1 saturated heterocycles. The third-order valence-electron chi connectivity index (χ3n) is 7.09. The van der Waals surface area contributed by atoms with Crippen LogP contribution in [0.15, 0.2) is 52.9 Å². The molecule has 2 amide bonds. The van der Waals surface area contributed by atoms with Crippen molar-refractivity contribution in [3.05, 3.63) is 64.9 Å². The zero-order valence-electron chi connectivity index (χ0n) is 20.5. The Labute approximate surface area is 215 Å². The number of aryl methyl sites for hydroxylation is 1. The molecule has 3 aromatic rings. The molecule has 0 bridgehead atoms. The van der Waals surface area contributed by atoms with Crippen molar-refractivity contribution < 1.29 is 23.5 Å². The van der Waals surface area contributed by atoms with E-state index in [1.54, 1.807) is 34.1 Å². The zero-order valence-corrected chi connectivity index (χ0v) is 21.3. The van der Waals surface area contributed by atoms with E-state index in [9.17, 15) is 9.59 Å². The highest BCUT2D eigenvalue weighted by atomic mass is 35.5. The van der Waals surface area contributed by atoms with Gasteiger partial charge in [-0.2, -0.15) is 0 Å². The Bertz CT molecular complexity index is 1260. The van der Waals surface area contributed by atoms with E-state index < -0.39 is 5.60 Å². The number of carbonyl (C=O) groups is 2. The van der Waals surface area contributed by atoms with Crippen LogP contribution < -0.4 is 4.74 Å². The summed E-state index contributed by atoms with van der Waals surface area (Å²) in [5, 5.41) is 1.35. The lowest BCUT2D eigenvalue weighted by atomic mass is 9.91. The Morgan fingerprint density at radius 3 is 2.81 bits per heavy atom. The van der Waals surface area contributed by atoms with Crippen LogP contribution in [0.25, 0.3) is 11.0 Å². The number of likely N-dealkylation sites (N-methyl/N-ethyl adjacent to an activating group) is 1. The lowest BCUT2D eigenvalue weighted by Crippen LogP contribution is -2.62. The van der Waals surface area contributed by atoms with E-state index in [-0.39, 0.29) is 24.1 Å². The fraction of sp³-hybridized carbons (Fsp3) is 0.429. The number of morpholine rings is 1. The number of nitrogens with zero attached hydrogens (tertiary/aromatic N) is 2. The van der Waals surface area contributed by atoms with Gasteiger partial charge in [0.1, 0.15) is 17.9 Å².